The highest BCUT2D eigenvalue weighted by Crippen LogP contribution is 2.23. The molecule has 0 unspecified atom stereocenters. The fourth-order valence-corrected chi connectivity index (χ4v) is 5.43. The van der Waals surface area contributed by atoms with Gasteiger partial charge in [0.15, 0.2) is 5.78 Å². The molecule has 2 fully saturated rings. The highest BCUT2D eigenvalue weighted by Gasteiger charge is 2.31. The molecule has 1 aromatic carbocycles. The number of aliphatic hydroxyl groups is 1. The van der Waals surface area contributed by atoms with Crippen LogP contribution in [-0.4, -0.2) is 101 Å². The number of carbonyl (C=O) groups excluding carboxylic acids is 2. The minimum Gasteiger partial charge on any atom is -0.392 e. The number of anilines is 2. The summed E-state index contributed by atoms with van der Waals surface area (Å²) in [6, 6.07) is 10.3. The van der Waals surface area contributed by atoms with Crippen LogP contribution < -0.4 is 10.2 Å². The number of hydrogen-bond acceptors (Lipinski definition) is 9. The minimum atomic E-state index is -0.589. The van der Waals surface area contributed by atoms with E-state index in [4.69, 9.17) is 9.72 Å². The van der Waals surface area contributed by atoms with Gasteiger partial charge in [-0.2, -0.15) is 4.98 Å². The first-order valence-electron chi connectivity index (χ1n) is 14.4. The highest BCUT2D eigenvalue weighted by molar-refractivity contribution is 5.95. The van der Waals surface area contributed by atoms with Crippen LogP contribution in [-0.2, 0) is 22.5 Å². The molecule has 2 N–H and O–H groups in total. The zero-order valence-electron chi connectivity index (χ0n) is 23.9. The van der Waals surface area contributed by atoms with E-state index >= 15 is 0 Å². The molecular weight excluding hydrogens is 508 g/mol. The molecule has 10 heteroatoms. The Morgan fingerprint density at radius 2 is 1.80 bits per heavy atom. The van der Waals surface area contributed by atoms with Crippen LogP contribution in [0, 0.1) is 5.41 Å². The summed E-state index contributed by atoms with van der Waals surface area (Å²) in [5.74, 6) is 1.11. The third-order valence-corrected chi connectivity index (χ3v) is 7.86. The lowest BCUT2D eigenvalue weighted by Crippen LogP contribution is -2.52. The molecule has 0 radical (unpaired) electrons. The molecule has 0 spiro atoms. The number of benzene rings is 1. The molecule has 1 aromatic heterocycles. The average Bonchev–Trinajstić information content (AvgIpc) is 2.92. The van der Waals surface area contributed by atoms with Gasteiger partial charge in [0.25, 0.3) is 0 Å². The van der Waals surface area contributed by atoms with E-state index < -0.39 is 11.5 Å². The minimum absolute atomic E-state index is 0.110. The maximum Gasteiger partial charge on any atom is 0.228 e. The fourth-order valence-electron chi connectivity index (χ4n) is 5.43. The van der Waals surface area contributed by atoms with Crippen molar-refractivity contribution in [2.45, 2.75) is 58.7 Å². The first-order chi connectivity index (χ1) is 19.2. The molecule has 0 aliphatic carbocycles. The quantitative estimate of drug-likeness (QED) is 0.455. The molecule has 3 aliphatic heterocycles. The van der Waals surface area contributed by atoms with E-state index in [9.17, 15) is 14.7 Å². The lowest BCUT2D eigenvalue weighted by molar-refractivity contribution is -0.139. The third-order valence-electron chi connectivity index (χ3n) is 7.86. The number of aromatic nitrogens is 2. The largest absolute Gasteiger partial charge is 0.392 e. The Labute approximate surface area is 236 Å². The van der Waals surface area contributed by atoms with Crippen LogP contribution >= 0.6 is 0 Å². The van der Waals surface area contributed by atoms with Gasteiger partial charge >= 0.3 is 0 Å². The second-order valence-corrected chi connectivity index (χ2v) is 12.2. The maximum absolute atomic E-state index is 13.3. The number of ether oxygens (including phenoxy) is 1. The summed E-state index contributed by atoms with van der Waals surface area (Å²) in [5, 5.41) is 14.1. The molecular formula is C30H42N6O4. The van der Waals surface area contributed by atoms with Crippen LogP contribution in [0.3, 0.4) is 0 Å². The Morgan fingerprint density at radius 3 is 2.48 bits per heavy atom. The highest BCUT2D eigenvalue weighted by atomic mass is 16.5. The van der Waals surface area contributed by atoms with Gasteiger partial charge in [0, 0.05) is 63.7 Å². The maximum atomic E-state index is 13.3. The number of nitrogens with zero attached hydrogens (tertiary/aromatic N) is 5. The monoisotopic (exact) mass is 550 g/mol. The number of rotatable bonds is 9. The molecule has 5 rings (SSSR count). The van der Waals surface area contributed by atoms with E-state index in [1.807, 2.05) is 30.6 Å². The summed E-state index contributed by atoms with van der Waals surface area (Å²) in [7, 11) is 0. The normalized spacial score (nSPS) is 19.1. The Bertz CT molecular complexity index is 1200. The van der Waals surface area contributed by atoms with E-state index in [1.54, 1.807) is 6.07 Å². The molecule has 2 aromatic rings. The first kappa shape index (κ1) is 28.4. The number of Topliss-reactive ketones (excluding diaryl/α,β-unsaturated/α-hetero) is 1. The number of fused-ring (bicyclic) bond motifs is 1. The second-order valence-electron chi connectivity index (χ2n) is 12.2. The first-order valence-corrected chi connectivity index (χ1v) is 14.4. The Kier molecular flexibility index (Phi) is 8.68. The van der Waals surface area contributed by atoms with Crippen molar-refractivity contribution in [2.75, 3.05) is 62.7 Å². The Hall–Kier alpha value is -3.08. The standard InChI is InChI=1S/C30H42N6O4/c1-30(2,3)28(39)35-12-14-36(15-13-35)29-32-25(16-27(33-29)31-23-19-40-20-23)26(38)9-8-24(37)18-34-11-10-21-6-4-5-7-22(21)17-34/h4-7,16,23-24,37H,8-15,17-20H2,1-3H3,(H,31,32,33)/t24-/m0/s1. The van der Waals surface area contributed by atoms with Gasteiger partial charge in [0.1, 0.15) is 11.5 Å². The molecule has 1 amide bonds. The lowest BCUT2D eigenvalue weighted by atomic mass is 9.94. The number of aliphatic hydroxyl groups excluding tert-OH is 1. The van der Waals surface area contributed by atoms with Crippen LogP contribution in [0.4, 0.5) is 11.8 Å². The lowest BCUT2D eigenvalue weighted by Gasteiger charge is -2.37. The number of β-amino-alcohol motifs (C(OH)–C–C–N with tert-alkyl or cyclic N) is 1. The summed E-state index contributed by atoms with van der Waals surface area (Å²) in [4.78, 5) is 41.5. The van der Waals surface area contributed by atoms with E-state index in [1.165, 1.54) is 11.1 Å². The molecule has 216 valence electrons. The van der Waals surface area contributed by atoms with Gasteiger partial charge < -0.3 is 25.0 Å². The molecule has 10 nitrogen and oxygen atoms in total. The van der Waals surface area contributed by atoms with Crippen LogP contribution in [0.5, 0.6) is 0 Å². The fraction of sp³-hybridized carbons (Fsp3) is 0.600. The summed E-state index contributed by atoms with van der Waals surface area (Å²) in [6.45, 7) is 11.7. The SMILES string of the molecule is CC(C)(C)C(=O)N1CCN(c2nc(NC3COC3)cc(C(=O)CC[C@H](O)CN3CCc4ccccc4C3)n2)CC1. The summed E-state index contributed by atoms with van der Waals surface area (Å²) < 4.78 is 5.29. The summed E-state index contributed by atoms with van der Waals surface area (Å²) >= 11 is 0. The Morgan fingerprint density at radius 1 is 1.07 bits per heavy atom. The molecule has 1 atom stereocenters. The molecule has 0 bridgehead atoms. The summed E-state index contributed by atoms with van der Waals surface area (Å²) in [5.41, 5.74) is 2.62. The van der Waals surface area contributed by atoms with Crippen LogP contribution in [0.2, 0.25) is 0 Å². The number of amides is 1. The van der Waals surface area contributed by atoms with Gasteiger partial charge in [0.05, 0.1) is 25.4 Å². The number of hydrogen-bond donors (Lipinski definition) is 2. The number of piperazine rings is 1. The van der Waals surface area contributed by atoms with Crippen molar-refractivity contribution in [1.29, 1.82) is 0 Å². The van der Waals surface area contributed by atoms with Gasteiger partial charge in [0.2, 0.25) is 11.9 Å². The van der Waals surface area contributed by atoms with Gasteiger partial charge in [-0.3, -0.25) is 14.5 Å². The number of carbonyl (C=O) groups is 2. The van der Waals surface area contributed by atoms with E-state index in [0.29, 0.717) is 69.8 Å². The molecule has 3 aliphatic rings. The molecule has 2 saturated heterocycles. The van der Waals surface area contributed by atoms with Gasteiger partial charge in [-0.1, -0.05) is 45.0 Å². The number of nitrogens with one attached hydrogen (secondary N) is 1. The Balaban J connectivity index is 1.20. The molecule has 40 heavy (non-hydrogen) atoms. The van der Waals surface area contributed by atoms with Crippen LogP contribution in [0.25, 0.3) is 0 Å². The van der Waals surface area contributed by atoms with Crippen molar-refractivity contribution in [3.05, 3.63) is 47.2 Å². The third kappa shape index (κ3) is 6.97. The van der Waals surface area contributed by atoms with E-state index in [0.717, 1.165) is 19.5 Å². The summed E-state index contributed by atoms with van der Waals surface area (Å²) in [6.07, 6.45) is 0.977. The number of ketones is 1. The van der Waals surface area contributed by atoms with Crippen molar-refractivity contribution in [3.63, 3.8) is 0 Å². The topological polar surface area (TPSA) is 111 Å². The second kappa shape index (κ2) is 12.2. The molecule has 4 heterocycles. The van der Waals surface area contributed by atoms with Crippen molar-refractivity contribution >= 4 is 23.5 Å². The van der Waals surface area contributed by atoms with Crippen LogP contribution in [0.15, 0.2) is 30.3 Å². The van der Waals surface area contributed by atoms with E-state index in [-0.39, 0.29) is 24.2 Å². The van der Waals surface area contributed by atoms with Crippen molar-refractivity contribution in [2.24, 2.45) is 5.41 Å². The average molecular weight is 551 g/mol. The molecule has 0 saturated carbocycles. The van der Waals surface area contributed by atoms with Gasteiger partial charge in [-0.05, 0) is 24.0 Å². The predicted molar refractivity (Wildman–Crippen MR) is 154 cm³/mol. The van der Waals surface area contributed by atoms with Crippen LogP contribution in [0.1, 0.15) is 55.2 Å². The zero-order valence-corrected chi connectivity index (χ0v) is 23.9. The zero-order chi connectivity index (χ0) is 28.3. The van der Waals surface area contributed by atoms with Crippen molar-refractivity contribution in [1.82, 2.24) is 19.8 Å². The smallest absolute Gasteiger partial charge is 0.228 e. The van der Waals surface area contributed by atoms with E-state index in [2.05, 4.69) is 39.5 Å². The van der Waals surface area contributed by atoms with Crippen molar-refractivity contribution < 1.29 is 19.4 Å². The van der Waals surface area contributed by atoms with Gasteiger partial charge in [-0.15, -0.1) is 0 Å². The predicted octanol–water partition coefficient (Wildman–Crippen LogP) is 2.36. The van der Waals surface area contributed by atoms with Gasteiger partial charge in [-0.25, -0.2) is 4.98 Å². The van der Waals surface area contributed by atoms with Crippen molar-refractivity contribution in [3.8, 4) is 0 Å².